The summed E-state index contributed by atoms with van der Waals surface area (Å²) in [6.45, 7) is 4.52. The van der Waals surface area contributed by atoms with Crippen molar-refractivity contribution >= 4 is 33.7 Å². The molecular formula is C23H20N2OS. The van der Waals surface area contributed by atoms with E-state index in [-0.39, 0.29) is 5.91 Å². The van der Waals surface area contributed by atoms with E-state index in [1.54, 1.807) is 16.2 Å². The molecule has 0 aliphatic rings. The number of thiazole rings is 1. The van der Waals surface area contributed by atoms with Crippen molar-refractivity contribution < 1.29 is 4.79 Å². The number of benzene rings is 3. The number of amides is 1. The van der Waals surface area contributed by atoms with Gasteiger partial charge in [-0.2, -0.15) is 0 Å². The molecule has 0 saturated carbocycles. The molecule has 0 bridgehead atoms. The molecule has 0 saturated heterocycles. The second-order valence-electron chi connectivity index (χ2n) is 6.36. The predicted molar refractivity (Wildman–Crippen MR) is 114 cm³/mol. The van der Waals surface area contributed by atoms with E-state index in [4.69, 9.17) is 0 Å². The molecule has 0 fully saturated rings. The molecule has 0 spiro atoms. The first-order chi connectivity index (χ1) is 13.2. The van der Waals surface area contributed by atoms with Gasteiger partial charge in [-0.05, 0) is 42.3 Å². The fraction of sp³-hybridized carbons (Fsp3) is 0.130. The SMILES string of the molecule is CCN(C(=O)c1nc(C)sc1-c1ccccc1)c1ccc2ccccc2c1. The van der Waals surface area contributed by atoms with Crippen molar-refractivity contribution in [1.82, 2.24) is 4.98 Å². The van der Waals surface area contributed by atoms with E-state index in [0.717, 1.165) is 26.5 Å². The third-order valence-corrected chi connectivity index (χ3v) is 5.60. The number of carbonyl (C=O) groups is 1. The predicted octanol–water partition coefficient (Wildman–Crippen LogP) is 5.94. The first kappa shape index (κ1) is 17.4. The summed E-state index contributed by atoms with van der Waals surface area (Å²) in [5.41, 5.74) is 2.45. The molecule has 0 atom stereocenters. The van der Waals surface area contributed by atoms with E-state index in [1.807, 2.05) is 62.4 Å². The van der Waals surface area contributed by atoms with Crippen LogP contribution >= 0.6 is 11.3 Å². The molecule has 4 rings (SSSR count). The van der Waals surface area contributed by atoms with E-state index in [1.165, 1.54) is 5.39 Å². The van der Waals surface area contributed by atoms with Gasteiger partial charge in [-0.1, -0.05) is 60.7 Å². The van der Waals surface area contributed by atoms with Crippen LogP contribution in [0.1, 0.15) is 22.4 Å². The van der Waals surface area contributed by atoms with E-state index < -0.39 is 0 Å². The highest BCUT2D eigenvalue weighted by Gasteiger charge is 2.24. The zero-order chi connectivity index (χ0) is 18.8. The van der Waals surface area contributed by atoms with Crippen LogP contribution in [0.5, 0.6) is 0 Å². The molecular weight excluding hydrogens is 352 g/mol. The third kappa shape index (κ3) is 3.36. The molecule has 3 aromatic carbocycles. The molecule has 0 radical (unpaired) electrons. The number of nitrogens with zero attached hydrogens (tertiary/aromatic N) is 2. The van der Waals surface area contributed by atoms with Crippen molar-refractivity contribution in [1.29, 1.82) is 0 Å². The highest BCUT2D eigenvalue weighted by molar-refractivity contribution is 7.15. The van der Waals surface area contributed by atoms with Crippen LogP contribution in [0.2, 0.25) is 0 Å². The van der Waals surface area contributed by atoms with Crippen molar-refractivity contribution in [2.75, 3.05) is 11.4 Å². The summed E-state index contributed by atoms with van der Waals surface area (Å²) in [4.78, 5) is 20.7. The molecule has 0 aliphatic carbocycles. The van der Waals surface area contributed by atoms with Gasteiger partial charge in [0, 0.05) is 12.2 Å². The largest absolute Gasteiger partial charge is 0.307 e. The van der Waals surface area contributed by atoms with Crippen LogP contribution in [0.25, 0.3) is 21.2 Å². The summed E-state index contributed by atoms with van der Waals surface area (Å²) in [5, 5.41) is 3.19. The number of carbonyl (C=O) groups excluding carboxylic acids is 1. The lowest BCUT2D eigenvalue weighted by molar-refractivity contribution is 0.0984. The molecule has 3 nitrogen and oxygen atoms in total. The lowest BCUT2D eigenvalue weighted by Gasteiger charge is -2.21. The maximum Gasteiger partial charge on any atom is 0.278 e. The van der Waals surface area contributed by atoms with Gasteiger partial charge in [0.05, 0.1) is 9.88 Å². The Morgan fingerprint density at radius 1 is 0.963 bits per heavy atom. The number of hydrogen-bond donors (Lipinski definition) is 0. The monoisotopic (exact) mass is 372 g/mol. The molecule has 1 amide bonds. The Morgan fingerprint density at radius 3 is 2.41 bits per heavy atom. The van der Waals surface area contributed by atoms with E-state index in [2.05, 4.69) is 29.2 Å². The molecule has 27 heavy (non-hydrogen) atoms. The second-order valence-corrected chi connectivity index (χ2v) is 7.56. The standard InChI is InChI=1S/C23H20N2OS/c1-3-25(20-14-13-17-9-7-8-12-19(17)15-20)23(26)21-22(27-16(2)24-21)18-10-5-4-6-11-18/h4-15H,3H2,1-2H3. The van der Waals surface area contributed by atoms with Gasteiger partial charge in [0.2, 0.25) is 0 Å². The molecule has 134 valence electrons. The minimum absolute atomic E-state index is 0.0593. The number of fused-ring (bicyclic) bond motifs is 1. The van der Waals surface area contributed by atoms with Crippen LogP contribution in [-0.4, -0.2) is 17.4 Å². The average Bonchev–Trinajstić information content (AvgIpc) is 3.11. The van der Waals surface area contributed by atoms with Gasteiger partial charge in [-0.25, -0.2) is 4.98 Å². The van der Waals surface area contributed by atoms with E-state index >= 15 is 0 Å². The minimum atomic E-state index is -0.0593. The fourth-order valence-electron chi connectivity index (χ4n) is 3.27. The van der Waals surface area contributed by atoms with Gasteiger partial charge in [-0.15, -0.1) is 11.3 Å². The average molecular weight is 372 g/mol. The van der Waals surface area contributed by atoms with E-state index in [0.29, 0.717) is 12.2 Å². The number of aryl methyl sites for hydroxylation is 1. The summed E-state index contributed by atoms with van der Waals surface area (Å²) in [5.74, 6) is -0.0593. The van der Waals surface area contributed by atoms with Crippen molar-refractivity contribution in [3.05, 3.63) is 83.5 Å². The Kier molecular flexibility index (Phi) is 4.73. The molecule has 4 heteroatoms. The maximum atomic E-state index is 13.4. The van der Waals surface area contributed by atoms with Crippen LogP contribution in [0.3, 0.4) is 0 Å². The first-order valence-corrected chi connectivity index (χ1v) is 9.82. The molecule has 0 unspecified atom stereocenters. The Labute approximate surface area is 162 Å². The van der Waals surface area contributed by atoms with Crippen LogP contribution in [0, 0.1) is 6.92 Å². The summed E-state index contributed by atoms with van der Waals surface area (Å²) in [6.07, 6.45) is 0. The van der Waals surface area contributed by atoms with Crippen LogP contribution in [0.4, 0.5) is 5.69 Å². The quantitative estimate of drug-likeness (QED) is 0.444. The van der Waals surface area contributed by atoms with Gasteiger partial charge in [0.25, 0.3) is 5.91 Å². The van der Waals surface area contributed by atoms with Gasteiger partial charge in [0.1, 0.15) is 5.69 Å². The molecule has 1 heterocycles. The third-order valence-electron chi connectivity index (χ3n) is 4.58. The Hall–Kier alpha value is -2.98. The summed E-state index contributed by atoms with van der Waals surface area (Å²) in [6, 6.07) is 24.3. The van der Waals surface area contributed by atoms with Crippen molar-refractivity contribution in [2.45, 2.75) is 13.8 Å². The summed E-state index contributed by atoms with van der Waals surface area (Å²) < 4.78 is 0. The lowest BCUT2D eigenvalue weighted by Crippen LogP contribution is -2.31. The normalized spacial score (nSPS) is 10.9. The maximum absolute atomic E-state index is 13.4. The number of rotatable bonds is 4. The smallest absolute Gasteiger partial charge is 0.278 e. The molecule has 1 aromatic heterocycles. The summed E-state index contributed by atoms with van der Waals surface area (Å²) in [7, 11) is 0. The first-order valence-electron chi connectivity index (χ1n) is 9.01. The lowest BCUT2D eigenvalue weighted by atomic mass is 10.1. The van der Waals surface area contributed by atoms with Crippen LogP contribution in [0.15, 0.2) is 72.8 Å². The van der Waals surface area contributed by atoms with Gasteiger partial charge in [-0.3, -0.25) is 4.79 Å². The zero-order valence-corrected chi connectivity index (χ0v) is 16.2. The second kappa shape index (κ2) is 7.33. The van der Waals surface area contributed by atoms with Crippen molar-refractivity contribution in [2.24, 2.45) is 0 Å². The number of aromatic nitrogens is 1. The number of anilines is 1. The topological polar surface area (TPSA) is 33.2 Å². The number of hydrogen-bond acceptors (Lipinski definition) is 3. The summed E-state index contributed by atoms with van der Waals surface area (Å²) >= 11 is 1.56. The zero-order valence-electron chi connectivity index (χ0n) is 15.3. The van der Waals surface area contributed by atoms with Crippen LogP contribution < -0.4 is 4.90 Å². The highest BCUT2D eigenvalue weighted by atomic mass is 32.1. The molecule has 0 N–H and O–H groups in total. The fourth-order valence-corrected chi connectivity index (χ4v) is 4.19. The highest BCUT2D eigenvalue weighted by Crippen LogP contribution is 2.32. The molecule has 0 aliphatic heterocycles. The Bertz CT molecular complexity index is 1100. The van der Waals surface area contributed by atoms with Gasteiger partial charge in [0.15, 0.2) is 0 Å². The Balaban J connectivity index is 1.76. The van der Waals surface area contributed by atoms with E-state index in [9.17, 15) is 4.79 Å². The van der Waals surface area contributed by atoms with Crippen molar-refractivity contribution in [3.63, 3.8) is 0 Å². The Morgan fingerprint density at radius 2 is 1.67 bits per heavy atom. The van der Waals surface area contributed by atoms with Crippen molar-refractivity contribution in [3.8, 4) is 10.4 Å². The van der Waals surface area contributed by atoms with Crippen LogP contribution in [-0.2, 0) is 0 Å². The minimum Gasteiger partial charge on any atom is -0.307 e. The molecule has 4 aromatic rings. The van der Waals surface area contributed by atoms with Gasteiger partial charge >= 0.3 is 0 Å². The van der Waals surface area contributed by atoms with Gasteiger partial charge < -0.3 is 4.90 Å².